The molecule has 0 bridgehead atoms. The molecule has 0 saturated carbocycles. The molecule has 4 nitrogen and oxygen atoms in total. The van der Waals surface area contributed by atoms with Gasteiger partial charge in [-0.15, -0.1) is 0 Å². The van der Waals surface area contributed by atoms with Gasteiger partial charge < -0.3 is 4.98 Å². The van der Waals surface area contributed by atoms with Crippen LogP contribution in [0, 0.1) is 0 Å². The maximum Gasteiger partial charge on any atom is 0.137 e. The molecule has 0 aliphatic carbocycles. The van der Waals surface area contributed by atoms with E-state index in [4.69, 9.17) is 0 Å². The summed E-state index contributed by atoms with van der Waals surface area (Å²) in [5, 5.41) is 2.23. The average Bonchev–Trinajstić information content (AvgIpc) is 3.15. The van der Waals surface area contributed by atoms with Crippen molar-refractivity contribution in [2.75, 3.05) is 0 Å². The van der Waals surface area contributed by atoms with Crippen molar-refractivity contribution in [2.24, 2.45) is 0 Å². The van der Waals surface area contributed by atoms with Gasteiger partial charge in [0, 0.05) is 47.3 Å². The van der Waals surface area contributed by atoms with E-state index < -0.39 is 0 Å². The van der Waals surface area contributed by atoms with Crippen molar-refractivity contribution in [2.45, 2.75) is 0 Å². The van der Waals surface area contributed by atoms with E-state index in [1.807, 2.05) is 49.2 Å². The molecule has 1 N–H and O–H groups in total. The molecular formula is C21H14N4. The summed E-state index contributed by atoms with van der Waals surface area (Å²) in [6.07, 6.45) is 9.30. The van der Waals surface area contributed by atoms with Gasteiger partial charge in [-0.2, -0.15) is 0 Å². The van der Waals surface area contributed by atoms with E-state index in [0.29, 0.717) is 0 Å². The Balaban J connectivity index is 1.72. The highest BCUT2D eigenvalue weighted by Crippen LogP contribution is 2.31. The third-order valence-corrected chi connectivity index (χ3v) is 4.47. The predicted molar refractivity (Wildman–Crippen MR) is 100 cm³/mol. The lowest BCUT2D eigenvalue weighted by molar-refractivity contribution is 1.32. The maximum absolute atomic E-state index is 4.51. The van der Waals surface area contributed by atoms with Crippen LogP contribution in [0.3, 0.4) is 0 Å². The largest absolute Gasteiger partial charge is 0.346 e. The van der Waals surface area contributed by atoms with E-state index in [-0.39, 0.29) is 0 Å². The molecule has 4 aromatic heterocycles. The van der Waals surface area contributed by atoms with Crippen molar-refractivity contribution in [3.05, 3.63) is 79.5 Å². The van der Waals surface area contributed by atoms with Crippen LogP contribution in [0.4, 0.5) is 0 Å². The number of pyridine rings is 3. The van der Waals surface area contributed by atoms with Crippen LogP contribution >= 0.6 is 0 Å². The van der Waals surface area contributed by atoms with Gasteiger partial charge in [0.2, 0.25) is 0 Å². The van der Waals surface area contributed by atoms with Gasteiger partial charge in [-0.25, -0.2) is 4.98 Å². The minimum atomic E-state index is 0.906. The number of nitrogens with one attached hydrogen (secondary N) is 1. The molecule has 0 saturated heterocycles. The Bertz CT molecular complexity index is 1190. The zero-order valence-electron chi connectivity index (χ0n) is 13.3. The zero-order chi connectivity index (χ0) is 16.6. The second-order valence-corrected chi connectivity index (χ2v) is 5.97. The molecule has 4 heteroatoms. The first-order valence-corrected chi connectivity index (χ1v) is 8.11. The maximum atomic E-state index is 4.51. The molecule has 0 atom stereocenters. The van der Waals surface area contributed by atoms with Gasteiger partial charge in [0.15, 0.2) is 0 Å². The van der Waals surface area contributed by atoms with E-state index >= 15 is 0 Å². The third-order valence-electron chi connectivity index (χ3n) is 4.47. The number of fused-ring (bicyclic) bond motifs is 2. The highest BCUT2D eigenvalue weighted by molar-refractivity contribution is 5.97. The number of benzene rings is 1. The first-order chi connectivity index (χ1) is 12.4. The van der Waals surface area contributed by atoms with E-state index in [2.05, 4.69) is 50.3 Å². The lowest BCUT2D eigenvalue weighted by Crippen LogP contribution is -1.87. The van der Waals surface area contributed by atoms with Gasteiger partial charge in [0.1, 0.15) is 5.65 Å². The smallest absolute Gasteiger partial charge is 0.137 e. The predicted octanol–water partition coefficient (Wildman–Crippen LogP) is 4.84. The molecule has 0 unspecified atom stereocenters. The standard InChI is InChI=1S/C21H14N4/c1-2-20-19(18(6-10-23-20)14-3-7-22-8-4-14)12-15(1)17-11-16-5-9-24-21(16)25-13-17/h1-13H,(H,24,25). The van der Waals surface area contributed by atoms with Crippen LogP contribution in [0.2, 0.25) is 0 Å². The molecule has 5 rings (SSSR count). The number of H-pyrrole nitrogens is 1. The topological polar surface area (TPSA) is 54.5 Å². The Morgan fingerprint density at radius 2 is 1.64 bits per heavy atom. The first-order valence-electron chi connectivity index (χ1n) is 8.11. The van der Waals surface area contributed by atoms with Crippen molar-refractivity contribution in [3.8, 4) is 22.3 Å². The molecule has 0 fully saturated rings. The molecule has 1 aromatic carbocycles. The van der Waals surface area contributed by atoms with Crippen LogP contribution in [-0.4, -0.2) is 19.9 Å². The van der Waals surface area contributed by atoms with Crippen molar-refractivity contribution in [1.29, 1.82) is 0 Å². The fraction of sp³-hybridized carbons (Fsp3) is 0. The summed E-state index contributed by atoms with van der Waals surface area (Å²) in [5.41, 5.74) is 6.41. The average molecular weight is 322 g/mol. The van der Waals surface area contributed by atoms with Crippen LogP contribution < -0.4 is 0 Å². The minimum Gasteiger partial charge on any atom is -0.346 e. The van der Waals surface area contributed by atoms with E-state index in [0.717, 1.165) is 44.2 Å². The summed E-state index contributed by atoms with van der Waals surface area (Å²) in [4.78, 5) is 16.3. The van der Waals surface area contributed by atoms with Gasteiger partial charge in [-0.3, -0.25) is 9.97 Å². The Morgan fingerprint density at radius 1 is 0.720 bits per heavy atom. The monoisotopic (exact) mass is 322 g/mol. The van der Waals surface area contributed by atoms with Crippen LogP contribution in [0.5, 0.6) is 0 Å². The number of hydrogen-bond acceptors (Lipinski definition) is 3. The SMILES string of the molecule is c1cc(-c2ccnc3ccc(-c4cnc5[nH]ccc5c4)cc23)ccn1. The van der Waals surface area contributed by atoms with Gasteiger partial charge in [-0.1, -0.05) is 6.07 Å². The molecule has 5 aromatic rings. The van der Waals surface area contributed by atoms with Gasteiger partial charge in [-0.05, 0) is 59.2 Å². The van der Waals surface area contributed by atoms with E-state index in [1.54, 1.807) is 0 Å². The fourth-order valence-corrected chi connectivity index (χ4v) is 3.21. The summed E-state index contributed by atoms with van der Waals surface area (Å²) in [7, 11) is 0. The minimum absolute atomic E-state index is 0.906. The lowest BCUT2D eigenvalue weighted by atomic mass is 9.98. The number of rotatable bonds is 2. The molecule has 0 aliphatic rings. The molecule has 0 amide bonds. The Hall–Kier alpha value is -3.53. The summed E-state index contributed by atoms with van der Waals surface area (Å²) in [6, 6.07) is 16.6. The third kappa shape index (κ3) is 2.35. The van der Waals surface area contributed by atoms with Crippen LogP contribution in [-0.2, 0) is 0 Å². The van der Waals surface area contributed by atoms with Crippen molar-refractivity contribution in [1.82, 2.24) is 19.9 Å². The molecule has 0 aliphatic heterocycles. The van der Waals surface area contributed by atoms with Crippen LogP contribution in [0.1, 0.15) is 0 Å². The summed E-state index contributed by atoms with van der Waals surface area (Å²) in [6.45, 7) is 0. The number of nitrogens with zero attached hydrogens (tertiary/aromatic N) is 3. The van der Waals surface area contributed by atoms with Crippen molar-refractivity contribution >= 4 is 21.9 Å². The Morgan fingerprint density at radius 3 is 2.56 bits per heavy atom. The van der Waals surface area contributed by atoms with Gasteiger partial charge in [0.25, 0.3) is 0 Å². The number of hydrogen-bond donors (Lipinski definition) is 1. The first kappa shape index (κ1) is 13.9. The molecule has 25 heavy (non-hydrogen) atoms. The highest BCUT2D eigenvalue weighted by Gasteiger charge is 2.08. The summed E-state index contributed by atoms with van der Waals surface area (Å²) >= 11 is 0. The Kier molecular flexibility index (Phi) is 3.07. The second-order valence-electron chi connectivity index (χ2n) is 5.97. The summed E-state index contributed by atoms with van der Waals surface area (Å²) < 4.78 is 0. The quantitative estimate of drug-likeness (QED) is 0.506. The number of aromatic amines is 1. The van der Waals surface area contributed by atoms with Crippen molar-refractivity contribution in [3.63, 3.8) is 0 Å². The van der Waals surface area contributed by atoms with Crippen LogP contribution in [0.25, 0.3) is 44.2 Å². The molecule has 0 spiro atoms. The molecular weight excluding hydrogens is 308 g/mol. The molecule has 0 radical (unpaired) electrons. The summed E-state index contributed by atoms with van der Waals surface area (Å²) in [5.74, 6) is 0. The zero-order valence-corrected chi connectivity index (χ0v) is 13.3. The second kappa shape index (κ2) is 5.53. The fourth-order valence-electron chi connectivity index (χ4n) is 3.21. The van der Waals surface area contributed by atoms with Crippen LogP contribution in [0.15, 0.2) is 79.5 Å². The highest BCUT2D eigenvalue weighted by atomic mass is 14.8. The lowest BCUT2D eigenvalue weighted by Gasteiger charge is -2.09. The van der Waals surface area contributed by atoms with E-state index in [9.17, 15) is 0 Å². The van der Waals surface area contributed by atoms with E-state index in [1.165, 1.54) is 0 Å². The van der Waals surface area contributed by atoms with Crippen molar-refractivity contribution < 1.29 is 0 Å². The molecule has 118 valence electrons. The molecule has 4 heterocycles. The normalized spacial score (nSPS) is 11.2. The van der Waals surface area contributed by atoms with Gasteiger partial charge >= 0.3 is 0 Å². The Labute approximate surface area is 144 Å². The van der Waals surface area contributed by atoms with Gasteiger partial charge in [0.05, 0.1) is 5.52 Å². The number of aromatic nitrogens is 4.